The highest BCUT2D eigenvalue weighted by Crippen LogP contribution is 2.26. The quantitative estimate of drug-likeness (QED) is 0.247. The Morgan fingerprint density at radius 3 is 2.27 bits per heavy atom. The lowest BCUT2D eigenvalue weighted by Crippen LogP contribution is -2.55. The van der Waals surface area contributed by atoms with Crippen LogP contribution in [-0.4, -0.2) is 52.9 Å². The van der Waals surface area contributed by atoms with Crippen LogP contribution in [-0.2, 0) is 19.1 Å². The van der Waals surface area contributed by atoms with Crippen LogP contribution >= 0.6 is 0 Å². The van der Waals surface area contributed by atoms with Crippen LogP contribution in [0.5, 0.6) is 0 Å². The first kappa shape index (κ1) is 32.7. The summed E-state index contributed by atoms with van der Waals surface area (Å²) in [6, 6.07) is 4.69. The Morgan fingerprint density at radius 1 is 1.07 bits per heavy atom. The maximum atomic E-state index is 14.1. The number of terminal acetylenes is 1. The van der Waals surface area contributed by atoms with Gasteiger partial charge in [-0.25, -0.2) is 4.79 Å². The second kappa shape index (κ2) is 15.9. The van der Waals surface area contributed by atoms with Crippen molar-refractivity contribution in [1.29, 1.82) is 0 Å². The normalized spacial score (nSPS) is 15.3. The molecule has 1 fully saturated rings. The number of amides is 4. The summed E-state index contributed by atoms with van der Waals surface area (Å²) in [6.45, 7) is 7.43. The van der Waals surface area contributed by atoms with Crippen molar-refractivity contribution in [2.45, 2.75) is 116 Å². The summed E-state index contributed by atoms with van der Waals surface area (Å²) in [5.74, 6) is 0.928. The number of ether oxygens (including phenoxy) is 1. The molecular formula is C31H46N4O5. The van der Waals surface area contributed by atoms with Gasteiger partial charge < -0.3 is 26.0 Å². The fourth-order valence-corrected chi connectivity index (χ4v) is 4.89. The van der Waals surface area contributed by atoms with E-state index in [2.05, 4.69) is 23.5 Å². The van der Waals surface area contributed by atoms with Crippen LogP contribution in [0.25, 0.3) is 0 Å². The first-order valence-corrected chi connectivity index (χ1v) is 14.4. The number of nitrogens with one attached hydrogen (secondary N) is 2. The molecule has 40 heavy (non-hydrogen) atoms. The van der Waals surface area contributed by atoms with E-state index in [1.54, 1.807) is 45.0 Å². The first-order chi connectivity index (χ1) is 18.9. The molecule has 4 amide bonds. The number of nitrogens with zero attached hydrogens (tertiary/aromatic N) is 1. The van der Waals surface area contributed by atoms with Crippen molar-refractivity contribution in [1.82, 2.24) is 15.5 Å². The zero-order valence-electron chi connectivity index (χ0n) is 24.5. The Morgan fingerprint density at radius 2 is 1.73 bits per heavy atom. The Balaban J connectivity index is 2.49. The Kier molecular flexibility index (Phi) is 13.0. The third-order valence-corrected chi connectivity index (χ3v) is 6.83. The van der Waals surface area contributed by atoms with Gasteiger partial charge in [-0.15, -0.1) is 6.42 Å². The number of rotatable bonds is 13. The highest BCUT2D eigenvalue weighted by Gasteiger charge is 2.37. The van der Waals surface area contributed by atoms with Gasteiger partial charge >= 0.3 is 6.09 Å². The molecule has 0 radical (unpaired) electrons. The monoisotopic (exact) mass is 554 g/mol. The van der Waals surface area contributed by atoms with E-state index in [0.29, 0.717) is 17.5 Å². The molecule has 0 heterocycles. The molecule has 9 nitrogen and oxygen atoms in total. The lowest BCUT2D eigenvalue weighted by Gasteiger charge is -2.35. The van der Waals surface area contributed by atoms with E-state index < -0.39 is 42.0 Å². The molecule has 1 saturated carbocycles. The number of hydrogen-bond acceptors (Lipinski definition) is 5. The molecular weight excluding hydrogens is 508 g/mol. The van der Waals surface area contributed by atoms with E-state index in [1.807, 2.05) is 0 Å². The smallest absolute Gasteiger partial charge is 0.408 e. The van der Waals surface area contributed by atoms with Crippen LogP contribution in [0.2, 0.25) is 0 Å². The summed E-state index contributed by atoms with van der Waals surface area (Å²) in [5.41, 5.74) is 5.90. The summed E-state index contributed by atoms with van der Waals surface area (Å²) in [4.78, 5) is 54.1. The number of alkyl carbamates (subject to hydrolysis) is 1. The number of hydrogen-bond donors (Lipinski definition) is 3. The number of unbranched alkanes of at least 4 members (excludes halogenated alkanes) is 3. The minimum atomic E-state index is -1.30. The summed E-state index contributed by atoms with van der Waals surface area (Å²) in [7, 11) is 0. The van der Waals surface area contributed by atoms with E-state index in [-0.39, 0.29) is 18.5 Å². The van der Waals surface area contributed by atoms with Crippen molar-refractivity contribution < 1.29 is 23.9 Å². The zero-order chi connectivity index (χ0) is 29.7. The number of primary amides is 1. The standard InChI is InChI=1S/C31H46N4O5/c1-6-8-9-13-20-35(29(38)25(21-26(32)36)34-30(39)40-31(3,4)5)27(23-18-16-22(7-2)17-19-23)28(37)33-24-14-11-10-12-15-24/h2,16-19,24-25,27H,6,8-15,20-21H2,1,3-5H3,(H2,32,36)(H,33,37)(H,34,39). The molecule has 0 saturated heterocycles. The zero-order valence-corrected chi connectivity index (χ0v) is 24.5. The molecule has 0 aliphatic heterocycles. The number of benzene rings is 1. The molecule has 2 rings (SSSR count). The van der Waals surface area contributed by atoms with Crippen molar-refractivity contribution in [3.05, 3.63) is 35.4 Å². The number of carbonyl (C=O) groups excluding carboxylic acids is 4. The van der Waals surface area contributed by atoms with Crippen LogP contribution in [0, 0.1) is 12.3 Å². The van der Waals surface area contributed by atoms with Gasteiger partial charge in [-0.1, -0.05) is 63.5 Å². The van der Waals surface area contributed by atoms with E-state index in [0.717, 1.165) is 51.4 Å². The lowest BCUT2D eigenvalue weighted by atomic mass is 9.94. The van der Waals surface area contributed by atoms with Gasteiger partial charge in [0.15, 0.2) is 0 Å². The molecule has 0 spiro atoms. The third kappa shape index (κ3) is 10.9. The Labute approximate surface area is 239 Å². The Hall–Kier alpha value is -3.54. The Bertz CT molecular complexity index is 1040. The van der Waals surface area contributed by atoms with E-state index in [9.17, 15) is 19.2 Å². The van der Waals surface area contributed by atoms with Crippen LogP contribution in [0.4, 0.5) is 4.79 Å². The number of carbonyl (C=O) groups is 4. The van der Waals surface area contributed by atoms with Gasteiger partial charge in [0.05, 0.1) is 6.42 Å². The van der Waals surface area contributed by atoms with Crippen molar-refractivity contribution in [3.8, 4) is 12.3 Å². The molecule has 220 valence electrons. The van der Waals surface area contributed by atoms with Crippen molar-refractivity contribution in [2.75, 3.05) is 6.54 Å². The van der Waals surface area contributed by atoms with Crippen LogP contribution < -0.4 is 16.4 Å². The van der Waals surface area contributed by atoms with Gasteiger partial charge in [-0.3, -0.25) is 14.4 Å². The third-order valence-electron chi connectivity index (χ3n) is 6.83. The second-order valence-corrected chi connectivity index (χ2v) is 11.5. The first-order valence-electron chi connectivity index (χ1n) is 14.4. The van der Waals surface area contributed by atoms with Crippen molar-refractivity contribution in [3.63, 3.8) is 0 Å². The summed E-state index contributed by atoms with van der Waals surface area (Å²) >= 11 is 0. The van der Waals surface area contributed by atoms with Crippen molar-refractivity contribution >= 4 is 23.8 Å². The largest absolute Gasteiger partial charge is 0.444 e. The molecule has 1 aliphatic rings. The predicted octanol–water partition coefficient (Wildman–Crippen LogP) is 4.34. The summed E-state index contributed by atoms with van der Waals surface area (Å²) < 4.78 is 5.34. The molecule has 2 atom stereocenters. The van der Waals surface area contributed by atoms with Crippen LogP contribution in [0.3, 0.4) is 0 Å². The molecule has 0 aromatic heterocycles. The maximum absolute atomic E-state index is 14.1. The average molecular weight is 555 g/mol. The van der Waals surface area contributed by atoms with Gasteiger partial charge in [0.25, 0.3) is 0 Å². The van der Waals surface area contributed by atoms with E-state index >= 15 is 0 Å². The summed E-state index contributed by atoms with van der Waals surface area (Å²) in [5, 5.41) is 5.68. The van der Waals surface area contributed by atoms with Crippen LogP contribution in [0.1, 0.15) is 109 Å². The molecule has 1 aromatic rings. The van der Waals surface area contributed by atoms with Gasteiger partial charge in [0.2, 0.25) is 17.7 Å². The number of nitrogens with two attached hydrogens (primary N) is 1. The fraction of sp³-hybridized carbons (Fsp3) is 0.613. The van der Waals surface area contributed by atoms with Gasteiger partial charge in [0, 0.05) is 18.2 Å². The molecule has 0 bridgehead atoms. The predicted molar refractivity (Wildman–Crippen MR) is 155 cm³/mol. The van der Waals surface area contributed by atoms with Crippen LogP contribution in [0.15, 0.2) is 24.3 Å². The topological polar surface area (TPSA) is 131 Å². The van der Waals surface area contributed by atoms with Crippen molar-refractivity contribution in [2.24, 2.45) is 5.73 Å². The average Bonchev–Trinajstić information content (AvgIpc) is 2.89. The van der Waals surface area contributed by atoms with Gasteiger partial charge in [0.1, 0.15) is 17.7 Å². The lowest BCUT2D eigenvalue weighted by molar-refractivity contribution is -0.143. The molecule has 9 heteroatoms. The minimum absolute atomic E-state index is 0.0204. The van der Waals surface area contributed by atoms with Gasteiger partial charge in [-0.05, 0) is 57.7 Å². The maximum Gasteiger partial charge on any atom is 0.408 e. The van der Waals surface area contributed by atoms with E-state index in [4.69, 9.17) is 16.9 Å². The molecule has 4 N–H and O–H groups in total. The second-order valence-electron chi connectivity index (χ2n) is 11.5. The van der Waals surface area contributed by atoms with Gasteiger partial charge in [-0.2, -0.15) is 0 Å². The highest BCUT2D eigenvalue weighted by atomic mass is 16.6. The SMILES string of the molecule is C#Cc1ccc(C(C(=O)NC2CCCCC2)N(CCCCCC)C(=O)C(CC(N)=O)NC(=O)OC(C)(C)C)cc1. The van der Waals surface area contributed by atoms with E-state index in [1.165, 1.54) is 4.90 Å². The fourth-order valence-electron chi connectivity index (χ4n) is 4.89. The molecule has 1 aliphatic carbocycles. The minimum Gasteiger partial charge on any atom is -0.444 e. The highest BCUT2D eigenvalue weighted by molar-refractivity contribution is 5.94. The molecule has 2 unspecified atom stereocenters. The summed E-state index contributed by atoms with van der Waals surface area (Å²) in [6.07, 6.45) is 12.7. The molecule has 1 aromatic carbocycles.